The molecule has 126 valence electrons. The zero-order valence-electron chi connectivity index (χ0n) is 12.6. The van der Waals surface area contributed by atoms with Gasteiger partial charge in [-0.3, -0.25) is 9.59 Å². The monoisotopic (exact) mass is 352 g/mol. The molecule has 0 saturated heterocycles. The van der Waals surface area contributed by atoms with E-state index < -0.39 is 29.5 Å². The molecule has 4 nitrogen and oxygen atoms in total. The number of hydrogen-bond donors (Lipinski definition) is 2. The Kier molecular flexibility index (Phi) is 5.87. The fourth-order valence-electron chi connectivity index (χ4n) is 2.19. The first-order valence-corrected chi connectivity index (χ1v) is 7.50. The van der Waals surface area contributed by atoms with Gasteiger partial charge in [-0.2, -0.15) is 0 Å². The smallest absolute Gasteiger partial charge is 0.240 e. The van der Waals surface area contributed by atoms with Gasteiger partial charge in [0.25, 0.3) is 0 Å². The number of carbonyl (C=O) groups excluding carboxylic acids is 2. The van der Waals surface area contributed by atoms with E-state index in [0.29, 0.717) is 10.6 Å². The minimum absolute atomic E-state index is 0.137. The molecule has 1 atom stereocenters. The van der Waals surface area contributed by atoms with E-state index in [4.69, 9.17) is 17.3 Å². The number of amides is 2. The molecule has 0 saturated carbocycles. The number of halogens is 3. The standard InChI is InChI=1S/C17H15ClF2N2O2/c18-12-4-2-1-3-11(12)9-15(17(21)24)22-16(23)8-10-5-6-13(19)14(20)7-10/h1-7,15H,8-9H2,(H2,21,24)(H,22,23)/t15-/m0/s1. The molecule has 2 amide bonds. The van der Waals surface area contributed by atoms with Crippen molar-refractivity contribution in [3.05, 3.63) is 70.2 Å². The topological polar surface area (TPSA) is 72.2 Å². The highest BCUT2D eigenvalue weighted by atomic mass is 35.5. The van der Waals surface area contributed by atoms with E-state index in [-0.39, 0.29) is 18.4 Å². The number of nitrogens with two attached hydrogens (primary N) is 1. The van der Waals surface area contributed by atoms with Gasteiger partial charge < -0.3 is 11.1 Å². The van der Waals surface area contributed by atoms with Crippen LogP contribution >= 0.6 is 11.6 Å². The number of nitrogens with one attached hydrogen (secondary N) is 1. The molecule has 0 fully saturated rings. The fraction of sp³-hybridized carbons (Fsp3) is 0.176. The van der Waals surface area contributed by atoms with Gasteiger partial charge >= 0.3 is 0 Å². The maximum absolute atomic E-state index is 13.2. The SMILES string of the molecule is NC(=O)[C@H](Cc1ccccc1Cl)NC(=O)Cc1ccc(F)c(F)c1. The Morgan fingerprint density at radius 2 is 1.83 bits per heavy atom. The molecule has 0 bridgehead atoms. The zero-order chi connectivity index (χ0) is 17.7. The second-order valence-corrected chi connectivity index (χ2v) is 5.65. The summed E-state index contributed by atoms with van der Waals surface area (Å²) in [6, 6.07) is 9.09. The Labute approximate surface area is 142 Å². The Bertz CT molecular complexity index is 768. The summed E-state index contributed by atoms with van der Waals surface area (Å²) in [4.78, 5) is 23.6. The van der Waals surface area contributed by atoms with Gasteiger partial charge in [0.15, 0.2) is 11.6 Å². The van der Waals surface area contributed by atoms with E-state index in [1.807, 2.05) is 0 Å². The molecule has 0 spiro atoms. The summed E-state index contributed by atoms with van der Waals surface area (Å²) in [7, 11) is 0. The van der Waals surface area contributed by atoms with E-state index in [1.54, 1.807) is 24.3 Å². The maximum atomic E-state index is 13.2. The highest BCUT2D eigenvalue weighted by Crippen LogP contribution is 2.17. The molecule has 7 heteroatoms. The average molecular weight is 353 g/mol. The second kappa shape index (κ2) is 7.88. The highest BCUT2D eigenvalue weighted by Gasteiger charge is 2.20. The molecule has 0 heterocycles. The molecular weight excluding hydrogens is 338 g/mol. The van der Waals surface area contributed by atoms with Crippen molar-refractivity contribution >= 4 is 23.4 Å². The van der Waals surface area contributed by atoms with Crippen LogP contribution in [0.4, 0.5) is 8.78 Å². The molecule has 0 radical (unpaired) electrons. The lowest BCUT2D eigenvalue weighted by atomic mass is 10.0. The summed E-state index contributed by atoms with van der Waals surface area (Å²) in [5.41, 5.74) is 6.26. The van der Waals surface area contributed by atoms with Crippen molar-refractivity contribution in [3.8, 4) is 0 Å². The Morgan fingerprint density at radius 1 is 1.12 bits per heavy atom. The molecule has 0 aliphatic carbocycles. The van der Waals surface area contributed by atoms with Crippen molar-refractivity contribution in [2.24, 2.45) is 5.73 Å². The first kappa shape index (κ1) is 17.9. The summed E-state index contributed by atoms with van der Waals surface area (Å²) in [6.45, 7) is 0. The van der Waals surface area contributed by atoms with Crippen molar-refractivity contribution in [2.45, 2.75) is 18.9 Å². The Hall–Kier alpha value is -2.47. The van der Waals surface area contributed by atoms with Gasteiger partial charge in [-0.15, -0.1) is 0 Å². The van der Waals surface area contributed by atoms with Crippen LogP contribution in [-0.2, 0) is 22.4 Å². The van der Waals surface area contributed by atoms with E-state index in [0.717, 1.165) is 12.1 Å². The van der Waals surface area contributed by atoms with Crippen LogP contribution in [0.5, 0.6) is 0 Å². The summed E-state index contributed by atoms with van der Waals surface area (Å²) < 4.78 is 26.0. The van der Waals surface area contributed by atoms with Crippen molar-refractivity contribution in [1.29, 1.82) is 0 Å². The van der Waals surface area contributed by atoms with Crippen LogP contribution in [0.15, 0.2) is 42.5 Å². The van der Waals surface area contributed by atoms with Crippen LogP contribution in [0.1, 0.15) is 11.1 Å². The van der Waals surface area contributed by atoms with Crippen LogP contribution in [-0.4, -0.2) is 17.9 Å². The molecule has 2 aromatic rings. The molecule has 0 aliphatic heterocycles. The van der Waals surface area contributed by atoms with Crippen LogP contribution in [0, 0.1) is 11.6 Å². The summed E-state index contributed by atoms with van der Waals surface area (Å²) in [5.74, 6) is -3.28. The Balaban J connectivity index is 2.04. The minimum Gasteiger partial charge on any atom is -0.368 e. The van der Waals surface area contributed by atoms with Gasteiger partial charge in [0, 0.05) is 11.4 Å². The van der Waals surface area contributed by atoms with Gasteiger partial charge in [0.2, 0.25) is 11.8 Å². The van der Waals surface area contributed by atoms with E-state index in [9.17, 15) is 18.4 Å². The molecular formula is C17H15ClF2N2O2. The van der Waals surface area contributed by atoms with Gasteiger partial charge in [-0.25, -0.2) is 8.78 Å². The lowest BCUT2D eigenvalue weighted by molar-refractivity contribution is -0.127. The minimum atomic E-state index is -1.04. The average Bonchev–Trinajstić information content (AvgIpc) is 2.52. The van der Waals surface area contributed by atoms with E-state index >= 15 is 0 Å². The molecule has 0 aliphatic rings. The van der Waals surface area contributed by atoms with Crippen molar-refractivity contribution in [3.63, 3.8) is 0 Å². The molecule has 2 rings (SSSR count). The third-order valence-electron chi connectivity index (χ3n) is 3.41. The second-order valence-electron chi connectivity index (χ2n) is 5.24. The van der Waals surface area contributed by atoms with E-state index in [2.05, 4.69) is 5.32 Å². The number of carbonyl (C=O) groups is 2. The number of hydrogen-bond acceptors (Lipinski definition) is 2. The van der Waals surface area contributed by atoms with Gasteiger partial charge in [-0.05, 0) is 29.3 Å². The largest absolute Gasteiger partial charge is 0.368 e. The number of rotatable bonds is 6. The maximum Gasteiger partial charge on any atom is 0.240 e. The first-order valence-electron chi connectivity index (χ1n) is 7.13. The predicted molar refractivity (Wildman–Crippen MR) is 86.3 cm³/mol. The highest BCUT2D eigenvalue weighted by molar-refractivity contribution is 6.31. The quantitative estimate of drug-likeness (QED) is 0.837. The summed E-state index contributed by atoms with van der Waals surface area (Å²) >= 11 is 6.03. The van der Waals surface area contributed by atoms with Crippen molar-refractivity contribution in [2.75, 3.05) is 0 Å². The number of benzene rings is 2. The molecule has 2 aromatic carbocycles. The Morgan fingerprint density at radius 3 is 2.46 bits per heavy atom. The summed E-state index contributed by atoms with van der Waals surface area (Å²) in [6.07, 6.45) is -0.0674. The van der Waals surface area contributed by atoms with Gasteiger partial charge in [0.1, 0.15) is 6.04 Å². The van der Waals surface area contributed by atoms with E-state index in [1.165, 1.54) is 6.07 Å². The van der Waals surface area contributed by atoms with Crippen molar-refractivity contribution < 1.29 is 18.4 Å². The van der Waals surface area contributed by atoms with Gasteiger partial charge in [-0.1, -0.05) is 35.9 Å². The van der Waals surface area contributed by atoms with Crippen LogP contribution in [0.3, 0.4) is 0 Å². The zero-order valence-corrected chi connectivity index (χ0v) is 13.3. The van der Waals surface area contributed by atoms with Gasteiger partial charge in [0.05, 0.1) is 6.42 Å². The lowest BCUT2D eigenvalue weighted by Gasteiger charge is -2.16. The van der Waals surface area contributed by atoms with Crippen LogP contribution < -0.4 is 11.1 Å². The number of primary amides is 1. The molecule has 3 N–H and O–H groups in total. The third kappa shape index (κ3) is 4.76. The third-order valence-corrected chi connectivity index (χ3v) is 3.78. The molecule has 0 unspecified atom stereocenters. The normalized spacial score (nSPS) is 11.8. The van der Waals surface area contributed by atoms with Crippen LogP contribution in [0.25, 0.3) is 0 Å². The first-order chi connectivity index (χ1) is 11.4. The predicted octanol–water partition coefficient (Wildman–Crippen LogP) is 2.37. The summed E-state index contributed by atoms with van der Waals surface area (Å²) in [5, 5.41) is 2.94. The molecule has 24 heavy (non-hydrogen) atoms. The lowest BCUT2D eigenvalue weighted by Crippen LogP contribution is -2.46. The fourth-order valence-corrected chi connectivity index (χ4v) is 2.40. The van der Waals surface area contributed by atoms with Crippen molar-refractivity contribution in [1.82, 2.24) is 5.32 Å². The molecule has 0 aromatic heterocycles. The van der Waals surface area contributed by atoms with Crippen LogP contribution in [0.2, 0.25) is 5.02 Å².